The molecule has 1 aliphatic carbocycles. The van der Waals surface area contributed by atoms with Crippen LogP contribution in [0, 0.1) is 5.41 Å². The van der Waals surface area contributed by atoms with Crippen LogP contribution in [0.2, 0.25) is 18.1 Å². The van der Waals surface area contributed by atoms with Gasteiger partial charge in [-0.05, 0) is 48.4 Å². The first-order valence-electron chi connectivity index (χ1n) is 9.73. The maximum atomic E-state index is 12.7. The van der Waals surface area contributed by atoms with Crippen LogP contribution in [0.25, 0.3) is 0 Å². The van der Waals surface area contributed by atoms with Crippen molar-refractivity contribution in [1.29, 1.82) is 0 Å². The van der Waals surface area contributed by atoms with Crippen LogP contribution in [0.5, 0.6) is 0 Å². The lowest BCUT2D eigenvalue weighted by molar-refractivity contribution is 0.0801. The lowest BCUT2D eigenvalue weighted by Crippen LogP contribution is -2.46. The van der Waals surface area contributed by atoms with E-state index in [1.807, 2.05) is 35.2 Å². The maximum Gasteiger partial charge on any atom is 0.410 e. The second-order valence-corrected chi connectivity index (χ2v) is 14.4. The molecule has 26 heavy (non-hydrogen) atoms. The largest absolute Gasteiger partial charge is 0.445 e. The number of rotatable bonds is 5. The first-order valence-corrected chi connectivity index (χ1v) is 12.6. The van der Waals surface area contributed by atoms with Gasteiger partial charge in [-0.1, -0.05) is 51.1 Å². The molecule has 0 N–H and O–H groups in total. The van der Waals surface area contributed by atoms with Crippen LogP contribution in [0.3, 0.4) is 0 Å². The zero-order valence-corrected chi connectivity index (χ0v) is 17.9. The lowest BCUT2D eigenvalue weighted by Gasteiger charge is -2.37. The number of benzene rings is 1. The number of carbonyl (C=O) groups is 1. The molecule has 1 amide bonds. The molecule has 1 spiro atoms. The summed E-state index contributed by atoms with van der Waals surface area (Å²) in [5.74, 6) is 0. The molecule has 144 valence electrons. The normalized spacial score (nSPS) is 21.9. The van der Waals surface area contributed by atoms with Crippen molar-refractivity contribution in [2.75, 3.05) is 13.2 Å². The Kier molecular flexibility index (Phi) is 5.23. The quantitative estimate of drug-likeness (QED) is 0.664. The van der Waals surface area contributed by atoms with Crippen molar-refractivity contribution < 1.29 is 14.0 Å². The van der Waals surface area contributed by atoms with Gasteiger partial charge in [-0.15, -0.1) is 0 Å². The first kappa shape index (κ1) is 19.4. The molecular formula is C21H33NO3Si. The van der Waals surface area contributed by atoms with Gasteiger partial charge in [0.05, 0.1) is 12.6 Å². The molecular weight excluding hydrogens is 342 g/mol. The van der Waals surface area contributed by atoms with Gasteiger partial charge in [-0.25, -0.2) is 4.79 Å². The van der Waals surface area contributed by atoms with E-state index in [0.717, 1.165) is 18.5 Å². The molecule has 1 aliphatic heterocycles. The highest BCUT2D eigenvalue weighted by Gasteiger charge is 2.54. The number of hydrogen-bond acceptors (Lipinski definition) is 3. The summed E-state index contributed by atoms with van der Waals surface area (Å²) >= 11 is 0. The van der Waals surface area contributed by atoms with Gasteiger partial charge in [-0.2, -0.15) is 0 Å². The number of likely N-dealkylation sites (tertiary alicyclic amines) is 1. The van der Waals surface area contributed by atoms with Gasteiger partial charge in [0.1, 0.15) is 6.61 Å². The Balaban J connectivity index is 1.60. The van der Waals surface area contributed by atoms with Crippen molar-refractivity contribution in [1.82, 2.24) is 4.90 Å². The third-order valence-corrected chi connectivity index (χ3v) is 11.0. The lowest BCUT2D eigenvalue weighted by atomic mass is 10.0. The molecule has 1 atom stereocenters. The van der Waals surface area contributed by atoms with Crippen LogP contribution < -0.4 is 0 Å². The molecule has 1 heterocycles. The highest BCUT2D eigenvalue weighted by molar-refractivity contribution is 6.74. The summed E-state index contributed by atoms with van der Waals surface area (Å²) in [7, 11) is -1.81. The highest BCUT2D eigenvalue weighted by Crippen LogP contribution is 2.55. The van der Waals surface area contributed by atoms with E-state index in [1.54, 1.807) is 0 Å². The Hall–Kier alpha value is -1.33. The van der Waals surface area contributed by atoms with Crippen LogP contribution in [0.1, 0.15) is 45.6 Å². The minimum Gasteiger partial charge on any atom is -0.445 e. The third kappa shape index (κ3) is 4.31. The Morgan fingerprint density at radius 2 is 1.88 bits per heavy atom. The summed E-state index contributed by atoms with van der Waals surface area (Å²) in [6, 6.07) is 10.0. The molecule has 5 heteroatoms. The van der Waals surface area contributed by atoms with Crippen LogP contribution in [-0.4, -0.2) is 38.5 Å². The summed E-state index contributed by atoms with van der Waals surface area (Å²) in [5, 5.41) is 0.182. The van der Waals surface area contributed by atoms with Gasteiger partial charge in [0.15, 0.2) is 8.32 Å². The van der Waals surface area contributed by atoms with E-state index in [9.17, 15) is 4.79 Å². The molecule has 3 rings (SSSR count). The average molecular weight is 376 g/mol. The van der Waals surface area contributed by atoms with Crippen molar-refractivity contribution in [2.45, 2.75) is 70.8 Å². The van der Waals surface area contributed by atoms with E-state index in [1.165, 1.54) is 12.8 Å². The fourth-order valence-electron chi connectivity index (χ4n) is 3.39. The predicted molar refractivity (Wildman–Crippen MR) is 107 cm³/mol. The summed E-state index contributed by atoms with van der Waals surface area (Å²) in [6.07, 6.45) is 3.32. The maximum absolute atomic E-state index is 12.7. The first-order chi connectivity index (χ1) is 12.1. The fourth-order valence-corrected chi connectivity index (χ4v) is 4.43. The number of carbonyl (C=O) groups excluding carboxylic acids is 1. The fraction of sp³-hybridized carbons (Fsp3) is 0.667. The van der Waals surface area contributed by atoms with Gasteiger partial charge in [0.2, 0.25) is 0 Å². The number of nitrogens with zero attached hydrogens (tertiary/aromatic N) is 1. The number of ether oxygens (including phenoxy) is 1. The molecule has 0 bridgehead atoms. The van der Waals surface area contributed by atoms with Crippen LogP contribution in [0.4, 0.5) is 4.79 Å². The predicted octanol–water partition coefficient (Wildman–Crippen LogP) is 5.20. The van der Waals surface area contributed by atoms with E-state index in [-0.39, 0.29) is 17.2 Å². The Bertz CT molecular complexity index is 634. The summed E-state index contributed by atoms with van der Waals surface area (Å²) < 4.78 is 12.0. The minimum absolute atomic E-state index is 0.148. The van der Waals surface area contributed by atoms with Gasteiger partial charge in [0.25, 0.3) is 0 Å². The van der Waals surface area contributed by atoms with Gasteiger partial charge in [-0.3, -0.25) is 0 Å². The van der Waals surface area contributed by atoms with Crippen molar-refractivity contribution in [3.63, 3.8) is 0 Å². The van der Waals surface area contributed by atoms with Crippen molar-refractivity contribution in [3.05, 3.63) is 35.9 Å². The zero-order valence-electron chi connectivity index (χ0n) is 16.9. The molecule has 4 nitrogen and oxygen atoms in total. The standard InChI is InChI=1S/C21H33NO3Si/c1-20(2,3)26(4,5)25-15-18-13-21(11-12-21)16-22(18)19(23)24-14-17-9-7-6-8-10-17/h6-10,18H,11-16H2,1-5H3. The average Bonchev–Trinajstić information content (AvgIpc) is 3.22. The number of amides is 1. The molecule has 2 aliphatic rings. The van der Waals surface area contributed by atoms with Crippen molar-refractivity contribution in [2.24, 2.45) is 5.41 Å². The minimum atomic E-state index is -1.81. The molecule has 0 radical (unpaired) electrons. The van der Waals surface area contributed by atoms with Crippen LogP contribution >= 0.6 is 0 Å². The Labute approximate surface area is 159 Å². The smallest absolute Gasteiger partial charge is 0.410 e. The van der Waals surface area contributed by atoms with E-state index < -0.39 is 8.32 Å². The molecule has 2 fully saturated rings. The molecule has 1 aromatic carbocycles. The number of hydrogen-bond donors (Lipinski definition) is 0. The SMILES string of the molecule is CC(C)(C)[Si](C)(C)OCC1CC2(CC2)CN1C(=O)OCc1ccccc1. The van der Waals surface area contributed by atoms with E-state index in [2.05, 4.69) is 33.9 Å². The van der Waals surface area contributed by atoms with Crippen LogP contribution in [0.15, 0.2) is 30.3 Å². The van der Waals surface area contributed by atoms with Gasteiger partial charge in [0, 0.05) is 6.54 Å². The van der Waals surface area contributed by atoms with Gasteiger partial charge >= 0.3 is 6.09 Å². The van der Waals surface area contributed by atoms with E-state index in [4.69, 9.17) is 9.16 Å². The Morgan fingerprint density at radius 1 is 1.23 bits per heavy atom. The second kappa shape index (κ2) is 7.00. The summed E-state index contributed by atoms with van der Waals surface area (Å²) in [4.78, 5) is 14.7. The summed E-state index contributed by atoms with van der Waals surface area (Å²) in [6.45, 7) is 13.1. The van der Waals surface area contributed by atoms with Crippen LogP contribution in [-0.2, 0) is 15.8 Å². The molecule has 1 unspecified atom stereocenters. The van der Waals surface area contributed by atoms with E-state index in [0.29, 0.717) is 18.6 Å². The Morgan fingerprint density at radius 3 is 2.46 bits per heavy atom. The topological polar surface area (TPSA) is 38.8 Å². The monoisotopic (exact) mass is 375 g/mol. The van der Waals surface area contributed by atoms with Gasteiger partial charge < -0.3 is 14.1 Å². The van der Waals surface area contributed by atoms with Crippen molar-refractivity contribution in [3.8, 4) is 0 Å². The van der Waals surface area contributed by atoms with Crippen molar-refractivity contribution >= 4 is 14.4 Å². The molecule has 1 saturated carbocycles. The zero-order chi connectivity index (χ0) is 19.0. The molecule has 0 aromatic heterocycles. The highest BCUT2D eigenvalue weighted by atomic mass is 28.4. The second-order valence-electron chi connectivity index (χ2n) is 9.60. The molecule has 1 aromatic rings. The third-order valence-electron chi connectivity index (χ3n) is 6.45. The van der Waals surface area contributed by atoms with E-state index >= 15 is 0 Å². The summed E-state index contributed by atoms with van der Waals surface area (Å²) in [5.41, 5.74) is 1.36. The molecule has 1 saturated heterocycles.